The van der Waals surface area contributed by atoms with Gasteiger partial charge in [0.15, 0.2) is 5.11 Å². The minimum absolute atomic E-state index is 0.103. The average Bonchev–Trinajstić information content (AvgIpc) is 2.66. The predicted molar refractivity (Wildman–Crippen MR) is 116 cm³/mol. The Balaban J connectivity index is 1.98. The molecule has 2 aromatic carbocycles. The summed E-state index contributed by atoms with van der Waals surface area (Å²) in [7, 11) is 1.29. The summed E-state index contributed by atoms with van der Waals surface area (Å²) in [6.45, 7) is 5.48. The summed E-state index contributed by atoms with van der Waals surface area (Å²) in [5, 5.41) is 8.41. The van der Waals surface area contributed by atoms with Crippen molar-refractivity contribution in [1.29, 1.82) is 0 Å². The Hall–Kier alpha value is -3.26. The number of amides is 2. The number of thiocarbonyl (C=S) groups is 1. The van der Waals surface area contributed by atoms with Gasteiger partial charge in [-0.2, -0.15) is 0 Å². The van der Waals surface area contributed by atoms with E-state index >= 15 is 0 Å². The quantitative estimate of drug-likeness (QED) is 0.524. The summed E-state index contributed by atoms with van der Waals surface area (Å²) in [6, 6.07) is 13.0. The van der Waals surface area contributed by atoms with Crippen molar-refractivity contribution in [1.82, 2.24) is 5.32 Å². The molecule has 0 aliphatic rings. The summed E-state index contributed by atoms with van der Waals surface area (Å²) >= 11 is 5.18. The van der Waals surface area contributed by atoms with Crippen LogP contribution in [-0.4, -0.2) is 30.0 Å². The second kappa shape index (κ2) is 9.29. The maximum atomic E-state index is 12.3. The van der Waals surface area contributed by atoms with Crippen molar-refractivity contribution in [3.05, 3.63) is 59.7 Å². The zero-order valence-electron chi connectivity index (χ0n) is 16.7. The van der Waals surface area contributed by atoms with Crippen LogP contribution in [0.2, 0.25) is 0 Å². The van der Waals surface area contributed by atoms with E-state index < -0.39 is 17.3 Å². The van der Waals surface area contributed by atoms with E-state index in [1.54, 1.807) is 24.3 Å². The molecule has 152 valence electrons. The molecular formula is C21H23N3O4S. The number of ether oxygens (including phenoxy) is 1. The van der Waals surface area contributed by atoms with E-state index in [2.05, 4.69) is 20.7 Å². The number of methoxy groups -OCH3 is 1. The normalized spacial score (nSPS) is 10.6. The molecular weight excluding hydrogens is 390 g/mol. The summed E-state index contributed by atoms with van der Waals surface area (Å²) in [5.41, 5.74) is 1.40. The standard InChI is InChI=1S/C21H23N3O4S/c1-21(2,3)19(27)22-15-6-5-7-16(12-15)23-20(29)24-17(25)13-8-10-14(11-9-13)18(26)28-4/h5-12H,1-4H3,(H,22,27)(H2,23,24,25,29). The van der Waals surface area contributed by atoms with E-state index in [9.17, 15) is 14.4 Å². The molecule has 29 heavy (non-hydrogen) atoms. The molecule has 8 heteroatoms. The van der Waals surface area contributed by atoms with Gasteiger partial charge in [0.25, 0.3) is 5.91 Å². The number of carbonyl (C=O) groups excluding carboxylic acids is 3. The van der Waals surface area contributed by atoms with Gasteiger partial charge in [0.1, 0.15) is 0 Å². The lowest BCUT2D eigenvalue weighted by molar-refractivity contribution is -0.123. The Morgan fingerprint density at radius 2 is 1.45 bits per heavy atom. The van der Waals surface area contributed by atoms with Gasteiger partial charge >= 0.3 is 5.97 Å². The smallest absolute Gasteiger partial charge is 0.337 e. The van der Waals surface area contributed by atoms with Crippen LogP contribution in [-0.2, 0) is 9.53 Å². The monoisotopic (exact) mass is 413 g/mol. The molecule has 0 aliphatic heterocycles. The fraction of sp³-hybridized carbons (Fsp3) is 0.238. The fourth-order valence-corrected chi connectivity index (χ4v) is 2.42. The number of hydrogen-bond acceptors (Lipinski definition) is 5. The SMILES string of the molecule is COC(=O)c1ccc(C(=O)NC(=S)Nc2cccc(NC(=O)C(C)(C)C)c2)cc1. The maximum Gasteiger partial charge on any atom is 0.337 e. The van der Waals surface area contributed by atoms with Crippen LogP contribution < -0.4 is 16.0 Å². The van der Waals surface area contributed by atoms with Crippen molar-refractivity contribution in [2.75, 3.05) is 17.7 Å². The Morgan fingerprint density at radius 3 is 2.00 bits per heavy atom. The van der Waals surface area contributed by atoms with Crippen molar-refractivity contribution in [2.45, 2.75) is 20.8 Å². The van der Waals surface area contributed by atoms with E-state index in [4.69, 9.17) is 12.2 Å². The number of benzene rings is 2. The van der Waals surface area contributed by atoms with Crippen LogP contribution in [0.25, 0.3) is 0 Å². The van der Waals surface area contributed by atoms with Gasteiger partial charge in [-0.05, 0) is 54.7 Å². The molecule has 0 atom stereocenters. The number of anilines is 2. The first-order valence-electron chi connectivity index (χ1n) is 8.82. The lowest BCUT2D eigenvalue weighted by Gasteiger charge is -2.18. The first-order chi connectivity index (χ1) is 13.6. The minimum atomic E-state index is -0.518. The van der Waals surface area contributed by atoms with Gasteiger partial charge < -0.3 is 15.4 Å². The molecule has 0 fully saturated rings. The van der Waals surface area contributed by atoms with Crippen LogP contribution in [0, 0.1) is 5.41 Å². The van der Waals surface area contributed by atoms with E-state index in [0.29, 0.717) is 22.5 Å². The first-order valence-corrected chi connectivity index (χ1v) is 9.23. The zero-order chi connectivity index (χ0) is 21.6. The maximum absolute atomic E-state index is 12.3. The molecule has 3 N–H and O–H groups in total. The molecule has 0 heterocycles. The molecule has 7 nitrogen and oxygen atoms in total. The molecule has 2 amide bonds. The van der Waals surface area contributed by atoms with Crippen LogP contribution in [0.4, 0.5) is 11.4 Å². The molecule has 2 rings (SSSR count). The molecule has 0 spiro atoms. The molecule has 0 aliphatic carbocycles. The molecule has 2 aromatic rings. The fourth-order valence-electron chi connectivity index (χ4n) is 2.21. The Kier molecular flexibility index (Phi) is 7.06. The largest absolute Gasteiger partial charge is 0.465 e. The van der Waals surface area contributed by atoms with E-state index in [0.717, 1.165) is 0 Å². The van der Waals surface area contributed by atoms with Crippen molar-refractivity contribution in [3.63, 3.8) is 0 Å². The van der Waals surface area contributed by atoms with Gasteiger partial charge in [-0.15, -0.1) is 0 Å². The number of hydrogen-bond donors (Lipinski definition) is 3. The van der Waals surface area contributed by atoms with Crippen molar-refractivity contribution >= 4 is 46.5 Å². The summed E-state index contributed by atoms with van der Waals surface area (Å²) in [6.07, 6.45) is 0. The molecule has 0 radical (unpaired) electrons. The Morgan fingerprint density at radius 1 is 0.897 bits per heavy atom. The molecule has 0 bridgehead atoms. The van der Waals surface area contributed by atoms with Crippen LogP contribution >= 0.6 is 12.2 Å². The summed E-state index contributed by atoms with van der Waals surface area (Å²) < 4.78 is 4.62. The van der Waals surface area contributed by atoms with Crippen LogP contribution in [0.15, 0.2) is 48.5 Å². The third kappa shape index (κ3) is 6.39. The first kappa shape index (κ1) is 22.0. The van der Waals surface area contributed by atoms with Crippen molar-refractivity contribution in [3.8, 4) is 0 Å². The molecule has 0 saturated heterocycles. The van der Waals surface area contributed by atoms with E-state index in [1.165, 1.54) is 31.4 Å². The molecule has 0 saturated carbocycles. The zero-order valence-corrected chi connectivity index (χ0v) is 17.5. The third-order valence-corrected chi connectivity index (χ3v) is 4.06. The Labute approximate surface area is 174 Å². The summed E-state index contributed by atoms with van der Waals surface area (Å²) in [5.74, 6) is -1.01. The van der Waals surface area contributed by atoms with E-state index in [1.807, 2.05) is 20.8 Å². The number of nitrogens with one attached hydrogen (secondary N) is 3. The van der Waals surface area contributed by atoms with E-state index in [-0.39, 0.29) is 11.0 Å². The van der Waals surface area contributed by atoms with Crippen molar-refractivity contribution in [2.24, 2.45) is 5.41 Å². The van der Waals surface area contributed by atoms with Gasteiger partial charge in [-0.1, -0.05) is 26.8 Å². The highest BCUT2D eigenvalue weighted by Crippen LogP contribution is 2.20. The van der Waals surface area contributed by atoms with Gasteiger partial charge in [-0.25, -0.2) is 4.79 Å². The predicted octanol–water partition coefficient (Wildman–Crippen LogP) is 3.58. The highest BCUT2D eigenvalue weighted by Gasteiger charge is 2.21. The molecule has 0 aromatic heterocycles. The second-order valence-corrected chi connectivity index (χ2v) is 7.67. The highest BCUT2D eigenvalue weighted by molar-refractivity contribution is 7.80. The third-order valence-electron chi connectivity index (χ3n) is 3.85. The van der Waals surface area contributed by atoms with Crippen LogP contribution in [0.1, 0.15) is 41.5 Å². The van der Waals surface area contributed by atoms with Crippen LogP contribution in [0.3, 0.4) is 0 Å². The second-order valence-electron chi connectivity index (χ2n) is 7.26. The lowest BCUT2D eigenvalue weighted by atomic mass is 9.95. The van der Waals surface area contributed by atoms with Gasteiger partial charge in [0, 0.05) is 22.4 Å². The minimum Gasteiger partial charge on any atom is -0.465 e. The number of rotatable bonds is 4. The number of esters is 1. The van der Waals surface area contributed by atoms with Gasteiger partial charge in [-0.3, -0.25) is 14.9 Å². The Bertz CT molecular complexity index is 934. The topological polar surface area (TPSA) is 96.5 Å². The summed E-state index contributed by atoms with van der Waals surface area (Å²) in [4.78, 5) is 35.9. The van der Waals surface area contributed by atoms with Crippen LogP contribution in [0.5, 0.6) is 0 Å². The lowest BCUT2D eigenvalue weighted by Crippen LogP contribution is -2.34. The van der Waals surface area contributed by atoms with Crippen molar-refractivity contribution < 1.29 is 19.1 Å². The number of carbonyl (C=O) groups is 3. The molecule has 0 unspecified atom stereocenters. The van der Waals surface area contributed by atoms with Gasteiger partial charge in [0.05, 0.1) is 12.7 Å². The highest BCUT2D eigenvalue weighted by atomic mass is 32.1. The van der Waals surface area contributed by atoms with Gasteiger partial charge in [0.2, 0.25) is 5.91 Å². The average molecular weight is 413 g/mol.